The van der Waals surface area contributed by atoms with Gasteiger partial charge in [-0.05, 0) is 37.7 Å². The highest BCUT2D eigenvalue weighted by atomic mass is 16.3. The number of aliphatic hydroxyl groups excluding tert-OH is 1. The summed E-state index contributed by atoms with van der Waals surface area (Å²) < 4.78 is 0. The van der Waals surface area contributed by atoms with Crippen LogP contribution in [0.5, 0.6) is 0 Å². The molecule has 3 N–H and O–H groups in total. The van der Waals surface area contributed by atoms with E-state index in [4.69, 9.17) is 10.8 Å². The lowest BCUT2D eigenvalue weighted by atomic mass is 10.1. The smallest absolute Gasteiger partial charge is 0.0767 e. The van der Waals surface area contributed by atoms with Crippen LogP contribution in [-0.2, 0) is 6.54 Å². The van der Waals surface area contributed by atoms with Crippen molar-refractivity contribution in [1.29, 1.82) is 0 Å². The lowest BCUT2D eigenvalue weighted by Crippen LogP contribution is -2.31. The molecule has 0 aliphatic heterocycles. The molecule has 96 valence electrons. The zero-order valence-electron chi connectivity index (χ0n) is 10.8. The van der Waals surface area contributed by atoms with Gasteiger partial charge in [0.2, 0.25) is 0 Å². The largest absolute Gasteiger partial charge is 0.398 e. The summed E-state index contributed by atoms with van der Waals surface area (Å²) >= 11 is 0. The van der Waals surface area contributed by atoms with Gasteiger partial charge in [0, 0.05) is 29.9 Å². The van der Waals surface area contributed by atoms with Crippen LogP contribution in [0.3, 0.4) is 0 Å². The summed E-state index contributed by atoms with van der Waals surface area (Å²) in [5.74, 6) is 0. The van der Waals surface area contributed by atoms with E-state index in [9.17, 15) is 0 Å². The molecule has 0 aliphatic rings. The van der Waals surface area contributed by atoms with E-state index in [2.05, 4.69) is 9.88 Å². The second-order valence-corrected chi connectivity index (χ2v) is 4.66. The van der Waals surface area contributed by atoms with E-state index in [1.54, 1.807) is 6.20 Å². The summed E-state index contributed by atoms with van der Waals surface area (Å²) in [6, 6.07) is 7.92. The van der Waals surface area contributed by atoms with E-state index in [0.29, 0.717) is 0 Å². The number of nitrogen functional groups attached to an aromatic ring is 1. The Balaban J connectivity index is 2.37. The van der Waals surface area contributed by atoms with Crippen molar-refractivity contribution in [3.8, 4) is 0 Å². The van der Waals surface area contributed by atoms with Crippen molar-refractivity contribution in [3.63, 3.8) is 0 Å². The second kappa shape index (κ2) is 5.33. The number of benzene rings is 1. The van der Waals surface area contributed by atoms with E-state index in [-0.39, 0.29) is 12.6 Å². The molecule has 4 nitrogen and oxygen atoms in total. The number of pyridine rings is 1. The first-order valence-electron chi connectivity index (χ1n) is 6.06. The van der Waals surface area contributed by atoms with E-state index < -0.39 is 0 Å². The Bertz CT molecular complexity index is 542. The maximum Gasteiger partial charge on any atom is 0.0767 e. The van der Waals surface area contributed by atoms with Crippen molar-refractivity contribution in [2.75, 3.05) is 19.4 Å². The first-order chi connectivity index (χ1) is 8.63. The highest BCUT2D eigenvalue weighted by molar-refractivity contribution is 5.92. The average Bonchev–Trinajstić information content (AvgIpc) is 2.41. The van der Waals surface area contributed by atoms with Crippen molar-refractivity contribution in [2.45, 2.75) is 19.5 Å². The zero-order valence-corrected chi connectivity index (χ0v) is 10.8. The predicted molar refractivity (Wildman–Crippen MR) is 74.2 cm³/mol. The maximum atomic E-state index is 9.16. The second-order valence-electron chi connectivity index (χ2n) is 4.66. The number of likely N-dealkylation sites (N-methyl/N-ethyl adjacent to an activating group) is 1. The molecular formula is C14H19N3O. The van der Waals surface area contributed by atoms with Crippen LogP contribution in [0.4, 0.5) is 5.69 Å². The fourth-order valence-electron chi connectivity index (χ4n) is 1.94. The number of nitrogens with two attached hydrogens (primary N) is 1. The molecule has 0 radical (unpaired) electrons. The van der Waals surface area contributed by atoms with Crippen molar-refractivity contribution >= 4 is 16.6 Å². The quantitative estimate of drug-likeness (QED) is 0.804. The van der Waals surface area contributed by atoms with Gasteiger partial charge in [0.05, 0.1) is 12.1 Å². The number of nitrogens with zero attached hydrogens (tertiary/aromatic N) is 2. The molecule has 0 aliphatic carbocycles. The summed E-state index contributed by atoms with van der Waals surface area (Å²) in [6.45, 7) is 2.89. The molecule has 0 fully saturated rings. The van der Waals surface area contributed by atoms with Crippen molar-refractivity contribution in [3.05, 3.63) is 36.0 Å². The summed E-state index contributed by atoms with van der Waals surface area (Å²) in [6.07, 6.45) is 1.78. The van der Waals surface area contributed by atoms with Gasteiger partial charge in [-0.25, -0.2) is 0 Å². The van der Waals surface area contributed by atoms with Gasteiger partial charge in [-0.1, -0.05) is 6.07 Å². The molecule has 18 heavy (non-hydrogen) atoms. The van der Waals surface area contributed by atoms with Crippen LogP contribution >= 0.6 is 0 Å². The third kappa shape index (κ3) is 2.44. The molecule has 0 amide bonds. The third-order valence-electron chi connectivity index (χ3n) is 3.32. The Hall–Kier alpha value is -1.65. The fourth-order valence-corrected chi connectivity index (χ4v) is 1.94. The Labute approximate surface area is 107 Å². The molecule has 2 aromatic rings. The minimum absolute atomic E-state index is 0.126. The Morgan fingerprint density at radius 2 is 2.17 bits per heavy atom. The van der Waals surface area contributed by atoms with Crippen LogP contribution in [-0.4, -0.2) is 34.7 Å². The maximum absolute atomic E-state index is 9.16. The van der Waals surface area contributed by atoms with Gasteiger partial charge in [0.15, 0.2) is 0 Å². The van der Waals surface area contributed by atoms with Crippen LogP contribution < -0.4 is 5.73 Å². The summed E-state index contributed by atoms with van der Waals surface area (Å²) in [7, 11) is 1.99. The molecular weight excluding hydrogens is 226 g/mol. The average molecular weight is 245 g/mol. The first-order valence-corrected chi connectivity index (χ1v) is 6.06. The number of hydrogen-bond acceptors (Lipinski definition) is 4. The van der Waals surface area contributed by atoms with Gasteiger partial charge in [-0.2, -0.15) is 0 Å². The summed E-state index contributed by atoms with van der Waals surface area (Å²) in [4.78, 5) is 6.51. The van der Waals surface area contributed by atoms with Gasteiger partial charge >= 0.3 is 0 Å². The number of aromatic nitrogens is 1. The highest BCUT2D eigenvalue weighted by Crippen LogP contribution is 2.23. The predicted octanol–water partition coefficient (Wildman–Crippen LogP) is 1.63. The van der Waals surface area contributed by atoms with Crippen molar-refractivity contribution in [2.24, 2.45) is 0 Å². The number of rotatable bonds is 4. The van der Waals surface area contributed by atoms with E-state index in [0.717, 1.165) is 28.7 Å². The first kappa shape index (κ1) is 12.8. The summed E-state index contributed by atoms with van der Waals surface area (Å²) in [5.41, 5.74) is 8.76. The van der Waals surface area contributed by atoms with Crippen LogP contribution in [0.2, 0.25) is 0 Å². The van der Waals surface area contributed by atoms with Gasteiger partial charge in [0.25, 0.3) is 0 Å². The van der Waals surface area contributed by atoms with E-state index >= 15 is 0 Å². The normalized spacial score (nSPS) is 13.1. The van der Waals surface area contributed by atoms with Crippen LogP contribution in [0.15, 0.2) is 30.5 Å². The van der Waals surface area contributed by atoms with E-state index in [1.807, 2.05) is 38.2 Å². The zero-order chi connectivity index (χ0) is 13.1. The lowest BCUT2D eigenvalue weighted by Gasteiger charge is -2.23. The topological polar surface area (TPSA) is 62.4 Å². The number of aliphatic hydroxyl groups is 1. The SMILES string of the molecule is CC(CO)N(C)Cc1ccc(N)c2cccnc12. The third-order valence-corrected chi connectivity index (χ3v) is 3.32. The fraction of sp³-hybridized carbons (Fsp3) is 0.357. The molecule has 1 atom stereocenters. The summed E-state index contributed by atoms with van der Waals surface area (Å²) in [5, 5.41) is 10.1. The number of fused-ring (bicyclic) bond motifs is 1. The molecule has 4 heteroatoms. The minimum atomic E-state index is 0.126. The molecule has 0 saturated carbocycles. The molecule has 0 spiro atoms. The number of anilines is 1. The van der Waals surface area contributed by atoms with Crippen LogP contribution in [0, 0.1) is 0 Å². The standard InChI is InChI=1S/C14H19N3O/c1-10(9-18)17(2)8-11-5-6-13(15)12-4-3-7-16-14(11)12/h3-7,10,18H,8-9,15H2,1-2H3. The molecule has 1 heterocycles. The van der Waals surface area contributed by atoms with Gasteiger partial charge in [0.1, 0.15) is 0 Å². The minimum Gasteiger partial charge on any atom is -0.398 e. The highest BCUT2D eigenvalue weighted by Gasteiger charge is 2.11. The Morgan fingerprint density at radius 1 is 1.39 bits per heavy atom. The Kier molecular flexibility index (Phi) is 3.79. The molecule has 1 unspecified atom stereocenters. The number of hydrogen-bond donors (Lipinski definition) is 2. The van der Waals surface area contributed by atoms with Gasteiger partial charge in [-0.3, -0.25) is 9.88 Å². The molecule has 1 aromatic carbocycles. The van der Waals surface area contributed by atoms with Crippen LogP contribution in [0.1, 0.15) is 12.5 Å². The van der Waals surface area contributed by atoms with E-state index in [1.165, 1.54) is 0 Å². The molecule has 2 rings (SSSR count). The van der Waals surface area contributed by atoms with Crippen molar-refractivity contribution in [1.82, 2.24) is 9.88 Å². The molecule has 1 aromatic heterocycles. The lowest BCUT2D eigenvalue weighted by molar-refractivity contribution is 0.154. The van der Waals surface area contributed by atoms with Gasteiger partial charge < -0.3 is 10.8 Å². The monoisotopic (exact) mass is 245 g/mol. The van der Waals surface area contributed by atoms with Gasteiger partial charge in [-0.15, -0.1) is 0 Å². The Morgan fingerprint density at radius 3 is 2.89 bits per heavy atom. The van der Waals surface area contributed by atoms with Crippen molar-refractivity contribution < 1.29 is 5.11 Å². The van der Waals surface area contributed by atoms with Crippen LogP contribution in [0.25, 0.3) is 10.9 Å². The molecule has 0 bridgehead atoms. The molecule has 0 saturated heterocycles.